The second-order valence-corrected chi connectivity index (χ2v) is 7.70. The average Bonchev–Trinajstić information content (AvgIpc) is 3.24. The van der Waals surface area contributed by atoms with Gasteiger partial charge in [-0.3, -0.25) is 0 Å². The summed E-state index contributed by atoms with van der Waals surface area (Å²) in [5.74, 6) is 2.70. The molecule has 1 aliphatic rings. The largest absolute Gasteiger partial charge is 0.493 e. The van der Waals surface area contributed by atoms with Crippen LogP contribution in [0.3, 0.4) is 0 Å². The molecule has 0 heterocycles. The van der Waals surface area contributed by atoms with Gasteiger partial charge < -0.3 is 29.6 Å². The third kappa shape index (κ3) is 6.42. The van der Waals surface area contributed by atoms with E-state index in [4.69, 9.17) is 23.9 Å². The number of ether oxygens (including phenoxy) is 4. The van der Waals surface area contributed by atoms with Crippen LogP contribution in [0.5, 0.6) is 17.2 Å². The summed E-state index contributed by atoms with van der Waals surface area (Å²) in [5.41, 5.74) is 1.24. The molecule has 1 saturated carbocycles. The van der Waals surface area contributed by atoms with E-state index in [-0.39, 0.29) is 0 Å². The Morgan fingerprint density at radius 1 is 1.00 bits per heavy atom. The zero-order chi connectivity index (χ0) is 21.8. The minimum absolute atomic E-state index is 0.298. The summed E-state index contributed by atoms with van der Waals surface area (Å²) in [6.07, 6.45) is 6.18. The molecule has 0 bridgehead atoms. The lowest BCUT2D eigenvalue weighted by atomic mass is 9.83. The van der Waals surface area contributed by atoms with Gasteiger partial charge in [-0.1, -0.05) is 12.8 Å². The summed E-state index contributed by atoms with van der Waals surface area (Å²) < 4.78 is 22.1. The van der Waals surface area contributed by atoms with Crippen molar-refractivity contribution in [3.05, 3.63) is 17.7 Å². The fourth-order valence-corrected chi connectivity index (χ4v) is 4.14. The Bertz CT molecular complexity index is 673. The Morgan fingerprint density at radius 2 is 1.73 bits per heavy atom. The highest BCUT2D eigenvalue weighted by atomic mass is 16.5. The first-order chi connectivity index (χ1) is 14.6. The quantitative estimate of drug-likeness (QED) is 0.304. The number of hydrogen-bond donors (Lipinski definition) is 2. The van der Waals surface area contributed by atoms with Gasteiger partial charge >= 0.3 is 0 Å². The highest BCUT2D eigenvalue weighted by Gasteiger charge is 2.33. The Morgan fingerprint density at radius 3 is 2.33 bits per heavy atom. The molecule has 30 heavy (non-hydrogen) atoms. The maximum absolute atomic E-state index is 5.64. The molecule has 1 fully saturated rings. The molecule has 1 aliphatic carbocycles. The molecule has 0 aliphatic heterocycles. The monoisotopic (exact) mass is 421 g/mol. The van der Waals surface area contributed by atoms with Crippen LogP contribution in [0, 0.1) is 5.41 Å². The summed E-state index contributed by atoms with van der Waals surface area (Å²) in [6.45, 7) is 7.93. The predicted octanol–water partition coefficient (Wildman–Crippen LogP) is 3.75. The van der Waals surface area contributed by atoms with Crippen molar-refractivity contribution >= 4 is 5.96 Å². The van der Waals surface area contributed by atoms with Crippen LogP contribution in [0.2, 0.25) is 0 Å². The second kappa shape index (κ2) is 12.5. The fraction of sp³-hybridized carbons (Fsp3) is 0.696. The summed E-state index contributed by atoms with van der Waals surface area (Å²) in [4.78, 5) is 4.80. The van der Waals surface area contributed by atoms with Crippen molar-refractivity contribution in [1.82, 2.24) is 10.6 Å². The Kier molecular flexibility index (Phi) is 10.1. The highest BCUT2D eigenvalue weighted by molar-refractivity contribution is 5.79. The van der Waals surface area contributed by atoms with Crippen LogP contribution in [0.4, 0.5) is 0 Å². The molecule has 2 N–H and O–H groups in total. The number of methoxy groups -OCH3 is 3. The minimum Gasteiger partial charge on any atom is -0.493 e. The van der Waals surface area contributed by atoms with Gasteiger partial charge in [0.1, 0.15) is 0 Å². The van der Waals surface area contributed by atoms with Gasteiger partial charge in [0.05, 0.1) is 27.9 Å². The van der Waals surface area contributed by atoms with E-state index < -0.39 is 0 Å². The third-order valence-corrected chi connectivity index (χ3v) is 5.81. The lowest BCUT2D eigenvalue weighted by Gasteiger charge is -2.30. The summed E-state index contributed by atoms with van der Waals surface area (Å²) in [5, 5.41) is 6.94. The molecule has 2 rings (SSSR count). The van der Waals surface area contributed by atoms with Gasteiger partial charge in [-0.05, 0) is 50.7 Å². The summed E-state index contributed by atoms with van der Waals surface area (Å²) >= 11 is 0. The van der Waals surface area contributed by atoms with E-state index in [1.165, 1.54) is 25.7 Å². The molecule has 1 aromatic rings. The van der Waals surface area contributed by atoms with Crippen molar-refractivity contribution in [3.63, 3.8) is 0 Å². The van der Waals surface area contributed by atoms with Crippen molar-refractivity contribution < 1.29 is 18.9 Å². The zero-order valence-corrected chi connectivity index (χ0v) is 19.3. The molecular formula is C23H39N3O4. The molecule has 0 aromatic heterocycles. The maximum atomic E-state index is 5.64. The van der Waals surface area contributed by atoms with Crippen LogP contribution in [-0.2, 0) is 11.3 Å². The van der Waals surface area contributed by atoms with Crippen molar-refractivity contribution in [2.45, 2.75) is 52.5 Å². The molecule has 0 saturated heterocycles. The molecule has 0 atom stereocenters. The first-order valence-corrected chi connectivity index (χ1v) is 11.0. The SMILES string of the molecule is CCNC(=NCc1ccc(OC)c(OC)c1OC)NCC1(CCOCC)CCCC1. The standard InChI is InChI=1S/C23H39N3O4/c1-6-24-22(26-17-23(12-8-9-13-23)14-15-30-7-2)25-16-18-10-11-19(27-3)21(29-5)20(18)28-4/h10-11H,6-9,12-17H2,1-5H3,(H2,24,25,26). The molecule has 7 heteroatoms. The van der Waals surface area contributed by atoms with Gasteiger partial charge in [0.25, 0.3) is 0 Å². The van der Waals surface area contributed by atoms with Gasteiger partial charge in [0.15, 0.2) is 17.5 Å². The van der Waals surface area contributed by atoms with E-state index in [1.807, 2.05) is 12.1 Å². The number of benzene rings is 1. The van der Waals surface area contributed by atoms with Gasteiger partial charge in [-0.25, -0.2) is 4.99 Å². The highest BCUT2D eigenvalue weighted by Crippen LogP contribution is 2.41. The summed E-state index contributed by atoms with van der Waals surface area (Å²) in [6, 6.07) is 3.85. The van der Waals surface area contributed by atoms with Gasteiger partial charge in [0, 0.05) is 31.9 Å². The molecule has 0 spiro atoms. The van der Waals surface area contributed by atoms with Crippen LogP contribution >= 0.6 is 0 Å². The average molecular weight is 422 g/mol. The van der Waals surface area contributed by atoms with Crippen LogP contribution in [-0.4, -0.2) is 53.6 Å². The van der Waals surface area contributed by atoms with E-state index in [2.05, 4.69) is 24.5 Å². The number of nitrogens with one attached hydrogen (secondary N) is 2. The first-order valence-electron chi connectivity index (χ1n) is 11.0. The van der Waals surface area contributed by atoms with Gasteiger partial charge in [0.2, 0.25) is 5.75 Å². The topological polar surface area (TPSA) is 73.3 Å². The zero-order valence-electron chi connectivity index (χ0n) is 19.3. The van der Waals surface area contributed by atoms with E-state index in [0.29, 0.717) is 29.2 Å². The van der Waals surface area contributed by atoms with Crippen molar-refractivity contribution in [1.29, 1.82) is 0 Å². The number of guanidine groups is 1. The first kappa shape index (κ1) is 24.1. The molecule has 7 nitrogen and oxygen atoms in total. The molecule has 0 amide bonds. The molecule has 1 aromatic carbocycles. The fourth-order valence-electron chi connectivity index (χ4n) is 4.14. The number of hydrogen-bond acceptors (Lipinski definition) is 5. The van der Waals surface area contributed by atoms with Crippen LogP contribution in [0.25, 0.3) is 0 Å². The van der Waals surface area contributed by atoms with E-state index >= 15 is 0 Å². The smallest absolute Gasteiger partial charge is 0.203 e. The van der Waals surface area contributed by atoms with E-state index in [1.54, 1.807) is 21.3 Å². The van der Waals surface area contributed by atoms with Crippen molar-refractivity contribution in [2.24, 2.45) is 10.4 Å². The molecular weight excluding hydrogens is 382 g/mol. The molecule has 0 radical (unpaired) electrons. The molecule has 0 unspecified atom stereocenters. The van der Waals surface area contributed by atoms with E-state index in [9.17, 15) is 0 Å². The normalized spacial score (nSPS) is 15.7. The number of rotatable bonds is 12. The lowest BCUT2D eigenvalue weighted by molar-refractivity contribution is 0.105. The van der Waals surface area contributed by atoms with Gasteiger partial charge in [-0.2, -0.15) is 0 Å². The Balaban J connectivity index is 2.10. The van der Waals surface area contributed by atoms with Crippen LogP contribution < -0.4 is 24.8 Å². The lowest BCUT2D eigenvalue weighted by Crippen LogP contribution is -2.43. The third-order valence-electron chi connectivity index (χ3n) is 5.81. The van der Waals surface area contributed by atoms with Crippen molar-refractivity contribution in [2.75, 3.05) is 47.6 Å². The number of aliphatic imine (C=N–C) groups is 1. The van der Waals surface area contributed by atoms with Crippen LogP contribution in [0.15, 0.2) is 17.1 Å². The number of nitrogens with zero attached hydrogens (tertiary/aromatic N) is 1. The van der Waals surface area contributed by atoms with Crippen LogP contribution in [0.1, 0.15) is 51.5 Å². The van der Waals surface area contributed by atoms with Crippen molar-refractivity contribution in [3.8, 4) is 17.2 Å². The van der Waals surface area contributed by atoms with Gasteiger partial charge in [-0.15, -0.1) is 0 Å². The summed E-state index contributed by atoms with van der Waals surface area (Å²) in [7, 11) is 4.87. The Labute approximate surface area is 181 Å². The minimum atomic E-state index is 0.298. The molecule has 170 valence electrons. The predicted molar refractivity (Wildman–Crippen MR) is 121 cm³/mol. The van der Waals surface area contributed by atoms with E-state index in [0.717, 1.165) is 44.2 Å². The maximum Gasteiger partial charge on any atom is 0.203 e. The Hall–Kier alpha value is -2.15. The second-order valence-electron chi connectivity index (χ2n) is 7.70.